The lowest BCUT2D eigenvalue weighted by atomic mass is 10.1. The van der Waals surface area contributed by atoms with Crippen LogP contribution in [0.25, 0.3) is 0 Å². The Morgan fingerprint density at radius 1 is 1.18 bits per heavy atom. The zero-order valence-electron chi connectivity index (χ0n) is 15.6. The second kappa shape index (κ2) is 8.97. The number of thioether (sulfide) groups is 1. The summed E-state index contributed by atoms with van der Waals surface area (Å²) in [6.45, 7) is 0.224. The Morgan fingerprint density at radius 2 is 1.89 bits per heavy atom. The molecule has 8 heteroatoms. The molecule has 28 heavy (non-hydrogen) atoms. The SMILES string of the molecule is COc1ccc(C2SCC(=O)N2CC(=O)NCc2ccc(F)cc2)cc1OC. The van der Waals surface area contributed by atoms with E-state index in [4.69, 9.17) is 9.47 Å². The first-order chi connectivity index (χ1) is 13.5. The van der Waals surface area contributed by atoms with Crippen molar-refractivity contribution in [1.82, 2.24) is 10.2 Å². The maximum absolute atomic E-state index is 13.0. The first kappa shape index (κ1) is 20.0. The summed E-state index contributed by atoms with van der Waals surface area (Å²) in [6, 6.07) is 11.4. The van der Waals surface area contributed by atoms with Crippen LogP contribution in [0.1, 0.15) is 16.5 Å². The van der Waals surface area contributed by atoms with Gasteiger partial charge in [-0.05, 0) is 35.4 Å². The highest BCUT2D eigenvalue weighted by Gasteiger charge is 2.34. The molecule has 0 radical (unpaired) electrons. The fourth-order valence-corrected chi connectivity index (χ4v) is 4.10. The zero-order chi connectivity index (χ0) is 20.1. The van der Waals surface area contributed by atoms with E-state index in [0.717, 1.165) is 11.1 Å². The lowest BCUT2D eigenvalue weighted by Gasteiger charge is -2.24. The summed E-state index contributed by atoms with van der Waals surface area (Å²) in [7, 11) is 3.11. The number of benzene rings is 2. The van der Waals surface area contributed by atoms with Crippen LogP contribution in [0.2, 0.25) is 0 Å². The van der Waals surface area contributed by atoms with Crippen LogP contribution in [0.4, 0.5) is 4.39 Å². The minimum Gasteiger partial charge on any atom is -0.493 e. The smallest absolute Gasteiger partial charge is 0.239 e. The summed E-state index contributed by atoms with van der Waals surface area (Å²) in [5, 5.41) is 2.50. The average molecular weight is 404 g/mol. The minimum atomic E-state index is -0.326. The van der Waals surface area contributed by atoms with E-state index in [-0.39, 0.29) is 36.1 Å². The van der Waals surface area contributed by atoms with Crippen molar-refractivity contribution >= 4 is 23.6 Å². The Labute approximate surface area is 167 Å². The van der Waals surface area contributed by atoms with E-state index in [1.165, 1.54) is 23.9 Å². The van der Waals surface area contributed by atoms with Gasteiger partial charge in [0.25, 0.3) is 0 Å². The number of nitrogens with one attached hydrogen (secondary N) is 1. The fourth-order valence-electron chi connectivity index (χ4n) is 2.92. The topological polar surface area (TPSA) is 67.9 Å². The van der Waals surface area contributed by atoms with Crippen molar-refractivity contribution in [2.75, 3.05) is 26.5 Å². The molecule has 1 aliphatic heterocycles. The summed E-state index contributed by atoms with van der Waals surface area (Å²) in [5.41, 5.74) is 1.65. The Balaban J connectivity index is 1.66. The summed E-state index contributed by atoms with van der Waals surface area (Å²) in [5.74, 6) is 0.786. The molecule has 1 unspecified atom stereocenters. The number of ether oxygens (including phenoxy) is 2. The molecule has 3 rings (SSSR count). The Kier molecular flexibility index (Phi) is 6.41. The molecule has 0 saturated carbocycles. The van der Waals surface area contributed by atoms with Gasteiger partial charge in [0, 0.05) is 6.54 Å². The number of rotatable bonds is 7. The van der Waals surface area contributed by atoms with E-state index in [2.05, 4.69) is 5.32 Å². The number of hydrogen-bond donors (Lipinski definition) is 1. The lowest BCUT2D eigenvalue weighted by molar-refractivity contribution is -0.133. The van der Waals surface area contributed by atoms with Gasteiger partial charge in [-0.15, -0.1) is 11.8 Å². The van der Waals surface area contributed by atoms with Gasteiger partial charge in [0.1, 0.15) is 17.7 Å². The van der Waals surface area contributed by atoms with E-state index < -0.39 is 0 Å². The van der Waals surface area contributed by atoms with Gasteiger partial charge in [0.15, 0.2) is 11.5 Å². The summed E-state index contributed by atoms with van der Waals surface area (Å²) >= 11 is 1.46. The molecule has 1 heterocycles. The molecule has 2 aromatic carbocycles. The van der Waals surface area contributed by atoms with Gasteiger partial charge in [-0.2, -0.15) is 0 Å². The predicted molar refractivity (Wildman–Crippen MR) is 105 cm³/mol. The van der Waals surface area contributed by atoms with E-state index in [1.54, 1.807) is 37.3 Å². The number of nitrogens with zero attached hydrogens (tertiary/aromatic N) is 1. The second-order valence-electron chi connectivity index (χ2n) is 6.20. The van der Waals surface area contributed by atoms with Crippen molar-refractivity contribution in [3.05, 3.63) is 59.4 Å². The van der Waals surface area contributed by atoms with E-state index in [0.29, 0.717) is 17.3 Å². The molecule has 0 bridgehead atoms. The summed E-state index contributed by atoms with van der Waals surface area (Å²) in [4.78, 5) is 26.2. The first-order valence-electron chi connectivity index (χ1n) is 8.66. The fraction of sp³-hybridized carbons (Fsp3) is 0.300. The molecule has 0 spiro atoms. The molecule has 1 aliphatic rings. The number of carbonyl (C=O) groups is 2. The van der Waals surface area contributed by atoms with Gasteiger partial charge in [-0.3, -0.25) is 9.59 Å². The van der Waals surface area contributed by atoms with Crippen LogP contribution in [0.3, 0.4) is 0 Å². The van der Waals surface area contributed by atoms with Gasteiger partial charge in [-0.1, -0.05) is 18.2 Å². The van der Waals surface area contributed by atoms with Crippen LogP contribution in [0, 0.1) is 5.82 Å². The van der Waals surface area contributed by atoms with Crippen molar-refractivity contribution in [2.45, 2.75) is 11.9 Å². The molecule has 1 atom stereocenters. The van der Waals surface area contributed by atoms with E-state index in [1.807, 2.05) is 12.1 Å². The van der Waals surface area contributed by atoms with Crippen LogP contribution in [0.15, 0.2) is 42.5 Å². The summed E-state index contributed by atoms with van der Waals surface area (Å²) < 4.78 is 23.5. The van der Waals surface area contributed by atoms with Crippen LogP contribution in [0.5, 0.6) is 11.5 Å². The largest absolute Gasteiger partial charge is 0.493 e. The normalized spacial score (nSPS) is 16.2. The average Bonchev–Trinajstić information content (AvgIpc) is 3.07. The Hall–Kier alpha value is -2.74. The third-order valence-electron chi connectivity index (χ3n) is 4.38. The molecule has 2 aromatic rings. The van der Waals surface area contributed by atoms with Crippen molar-refractivity contribution in [3.63, 3.8) is 0 Å². The maximum Gasteiger partial charge on any atom is 0.239 e. The van der Waals surface area contributed by atoms with Crippen LogP contribution < -0.4 is 14.8 Å². The molecular weight excluding hydrogens is 383 g/mol. The van der Waals surface area contributed by atoms with Crippen LogP contribution in [-0.2, 0) is 16.1 Å². The first-order valence-corrected chi connectivity index (χ1v) is 9.71. The highest BCUT2D eigenvalue weighted by atomic mass is 32.2. The Bertz CT molecular complexity index is 860. The molecule has 1 N–H and O–H groups in total. The standard InChI is InChI=1S/C20H21FN2O4S/c1-26-16-8-5-14(9-17(16)27-2)20-23(19(25)12-28-20)11-18(24)22-10-13-3-6-15(21)7-4-13/h3-9,20H,10-12H2,1-2H3,(H,22,24). The lowest BCUT2D eigenvalue weighted by Crippen LogP contribution is -2.39. The second-order valence-corrected chi connectivity index (χ2v) is 7.27. The van der Waals surface area contributed by atoms with Crippen molar-refractivity contribution in [3.8, 4) is 11.5 Å². The van der Waals surface area contributed by atoms with Gasteiger partial charge in [-0.25, -0.2) is 4.39 Å². The molecule has 148 valence electrons. The van der Waals surface area contributed by atoms with Gasteiger partial charge < -0.3 is 19.7 Å². The van der Waals surface area contributed by atoms with Crippen LogP contribution in [-0.4, -0.2) is 43.2 Å². The molecule has 2 amide bonds. The molecule has 1 fully saturated rings. The van der Waals surface area contributed by atoms with Crippen molar-refractivity contribution in [1.29, 1.82) is 0 Å². The molecule has 0 aliphatic carbocycles. The number of methoxy groups -OCH3 is 2. The summed E-state index contributed by atoms with van der Waals surface area (Å²) in [6.07, 6.45) is 0. The predicted octanol–water partition coefficient (Wildman–Crippen LogP) is 2.73. The number of hydrogen-bond acceptors (Lipinski definition) is 5. The van der Waals surface area contributed by atoms with E-state index in [9.17, 15) is 14.0 Å². The highest BCUT2D eigenvalue weighted by Crippen LogP contribution is 2.41. The molecule has 0 aromatic heterocycles. The third-order valence-corrected chi connectivity index (χ3v) is 5.63. The molecule has 1 saturated heterocycles. The van der Waals surface area contributed by atoms with Crippen LogP contribution >= 0.6 is 11.8 Å². The number of amides is 2. The highest BCUT2D eigenvalue weighted by molar-refractivity contribution is 8.00. The molecular formula is C20H21FN2O4S. The van der Waals surface area contributed by atoms with E-state index >= 15 is 0 Å². The maximum atomic E-state index is 13.0. The van der Waals surface area contributed by atoms with Crippen molar-refractivity contribution < 1.29 is 23.5 Å². The third kappa shape index (κ3) is 4.56. The quantitative estimate of drug-likeness (QED) is 0.769. The minimum absolute atomic E-state index is 0.0496. The van der Waals surface area contributed by atoms with Gasteiger partial charge in [0.2, 0.25) is 11.8 Å². The Morgan fingerprint density at radius 3 is 2.57 bits per heavy atom. The number of carbonyl (C=O) groups excluding carboxylic acids is 2. The number of halogens is 1. The van der Waals surface area contributed by atoms with Gasteiger partial charge >= 0.3 is 0 Å². The monoisotopic (exact) mass is 404 g/mol. The van der Waals surface area contributed by atoms with Crippen molar-refractivity contribution in [2.24, 2.45) is 0 Å². The zero-order valence-corrected chi connectivity index (χ0v) is 16.4. The van der Waals surface area contributed by atoms with Gasteiger partial charge in [0.05, 0.1) is 20.0 Å². The molecule has 6 nitrogen and oxygen atoms in total.